The molecule has 0 radical (unpaired) electrons. The van der Waals surface area contributed by atoms with Gasteiger partial charge in [-0.1, -0.05) is 164 Å². The van der Waals surface area contributed by atoms with Crippen LogP contribution in [0.1, 0.15) is 168 Å². The van der Waals surface area contributed by atoms with Crippen molar-refractivity contribution in [2.45, 2.75) is 174 Å². The van der Waals surface area contributed by atoms with Crippen molar-refractivity contribution in [3.8, 4) is 0 Å². The van der Waals surface area contributed by atoms with Crippen molar-refractivity contribution >= 4 is 19.8 Å². The number of likely N-dealkylation sites (N-methyl/N-ethyl adjacent to an activating group) is 1. The van der Waals surface area contributed by atoms with E-state index in [1.165, 1.54) is 89.9 Å². The zero-order chi connectivity index (χ0) is 41.4. The molecule has 0 bridgehead atoms. The Hall–Kier alpha value is -2.29. The Morgan fingerprint density at radius 3 is 1.50 bits per heavy atom. The first-order chi connectivity index (χ1) is 27.0. The molecule has 0 aliphatic heterocycles. The van der Waals surface area contributed by atoms with Gasteiger partial charge in [-0.3, -0.25) is 14.2 Å². The van der Waals surface area contributed by atoms with Crippen LogP contribution in [0.4, 0.5) is 0 Å². The van der Waals surface area contributed by atoms with E-state index in [0.717, 1.165) is 44.9 Å². The predicted molar refractivity (Wildman–Crippen MR) is 231 cm³/mol. The Balaban J connectivity index is 4.50. The number of rotatable bonds is 39. The van der Waals surface area contributed by atoms with Gasteiger partial charge in [0.2, 0.25) is 0 Å². The highest BCUT2D eigenvalue weighted by molar-refractivity contribution is 7.45. The van der Waals surface area contributed by atoms with Crippen molar-refractivity contribution in [1.82, 2.24) is 0 Å². The second-order valence-electron chi connectivity index (χ2n) is 15.7. The van der Waals surface area contributed by atoms with E-state index in [2.05, 4.69) is 62.5 Å². The van der Waals surface area contributed by atoms with Crippen LogP contribution in [0.25, 0.3) is 0 Å². The summed E-state index contributed by atoms with van der Waals surface area (Å²) in [5, 5.41) is 0. The molecule has 0 N–H and O–H groups in total. The minimum absolute atomic E-state index is 0.0454. The number of ether oxygens (including phenoxy) is 2. The predicted octanol–water partition coefficient (Wildman–Crippen LogP) is 11.8. The Bertz CT molecular complexity index is 1140. The van der Waals surface area contributed by atoms with Crippen LogP contribution in [0.5, 0.6) is 0 Å². The molecule has 0 aromatic rings. The van der Waals surface area contributed by atoms with E-state index in [9.17, 15) is 19.0 Å². The maximum atomic E-state index is 12.6. The molecule has 324 valence electrons. The quantitative estimate of drug-likeness (QED) is 0.0198. The maximum Gasteiger partial charge on any atom is 0.306 e. The standard InChI is InChI=1S/C46H82NO8P/c1-6-8-10-12-14-16-18-20-21-22-23-24-25-27-29-31-33-35-37-39-46(49)55-44(43-54-56(50,51)53-41-40-47(3,4)5)42-52-45(48)38-36-34-32-30-28-26-19-17-15-13-11-9-7-2/h14,16,20-21,23-24,27,29,33,35,44H,6-13,15,17-19,22,25-26,28,30-32,34,36-43H2,1-5H3/b16-14+,21-20+,24-23+,29-27+,35-33+/t44-/m1/s1. The molecule has 0 aliphatic carbocycles. The van der Waals surface area contributed by atoms with Gasteiger partial charge in [-0.05, 0) is 51.4 Å². The lowest BCUT2D eigenvalue weighted by atomic mass is 10.0. The number of quaternary nitrogens is 1. The van der Waals surface area contributed by atoms with Crippen LogP contribution in [0, 0.1) is 0 Å². The summed E-state index contributed by atoms with van der Waals surface area (Å²) in [6, 6.07) is 0. The lowest BCUT2D eigenvalue weighted by Gasteiger charge is -2.28. The van der Waals surface area contributed by atoms with Gasteiger partial charge in [0.05, 0.1) is 27.7 Å². The molecule has 0 aromatic carbocycles. The fraction of sp³-hybridized carbons (Fsp3) is 0.739. The van der Waals surface area contributed by atoms with Crippen molar-refractivity contribution < 1.29 is 42.1 Å². The Kier molecular flexibility index (Phi) is 36.7. The van der Waals surface area contributed by atoms with E-state index in [4.69, 9.17) is 18.5 Å². The van der Waals surface area contributed by atoms with Gasteiger partial charge in [0, 0.05) is 12.8 Å². The Labute approximate surface area is 343 Å². The number of carbonyl (C=O) groups excluding carboxylic acids is 2. The summed E-state index contributed by atoms with van der Waals surface area (Å²) in [5.41, 5.74) is 0. The molecule has 0 amide bonds. The van der Waals surface area contributed by atoms with Crippen LogP contribution in [-0.4, -0.2) is 70.0 Å². The highest BCUT2D eigenvalue weighted by Crippen LogP contribution is 2.38. The number of carbonyl (C=O) groups is 2. The fourth-order valence-corrected chi connectivity index (χ4v) is 6.31. The van der Waals surface area contributed by atoms with Gasteiger partial charge in [-0.25, -0.2) is 0 Å². The molecule has 1 unspecified atom stereocenters. The number of hydrogen-bond donors (Lipinski definition) is 0. The molecule has 0 rings (SSSR count). The molecule has 0 spiro atoms. The van der Waals surface area contributed by atoms with Crippen LogP contribution in [0.2, 0.25) is 0 Å². The lowest BCUT2D eigenvalue weighted by molar-refractivity contribution is -0.870. The van der Waals surface area contributed by atoms with Crippen LogP contribution in [0.15, 0.2) is 60.8 Å². The molecule has 9 nitrogen and oxygen atoms in total. The Morgan fingerprint density at radius 1 is 0.554 bits per heavy atom. The van der Waals surface area contributed by atoms with Crippen molar-refractivity contribution in [3.05, 3.63) is 60.8 Å². The van der Waals surface area contributed by atoms with Gasteiger partial charge in [0.25, 0.3) is 7.82 Å². The van der Waals surface area contributed by atoms with E-state index < -0.39 is 32.5 Å². The van der Waals surface area contributed by atoms with Gasteiger partial charge >= 0.3 is 11.9 Å². The van der Waals surface area contributed by atoms with Gasteiger partial charge < -0.3 is 27.9 Å². The first-order valence-electron chi connectivity index (χ1n) is 22.0. The van der Waals surface area contributed by atoms with Gasteiger partial charge in [-0.15, -0.1) is 0 Å². The van der Waals surface area contributed by atoms with Crippen LogP contribution in [-0.2, 0) is 32.7 Å². The third kappa shape index (κ3) is 41.3. The third-order valence-corrected chi connectivity index (χ3v) is 10.0. The minimum atomic E-state index is -4.64. The highest BCUT2D eigenvalue weighted by atomic mass is 31.2. The average Bonchev–Trinajstić information content (AvgIpc) is 3.15. The van der Waals surface area contributed by atoms with Crippen molar-refractivity contribution in [2.75, 3.05) is 47.5 Å². The molecule has 10 heteroatoms. The summed E-state index contributed by atoms with van der Waals surface area (Å²) >= 11 is 0. The summed E-state index contributed by atoms with van der Waals surface area (Å²) in [6.45, 7) is 4.10. The van der Waals surface area contributed by atoms with E-state index >= 15 is 0 Å². The minimum Gasteiger partial charge on any atom is -0.756 e. The smallest absolute Gasteiger partial charge is 0.306 e. The normalized spacial score (nSPS) is 14.2. The van der Waals surface area contributed by atoms with Crippen LogP contribution in [0.3, 0.4) is 0 Å². The molecule has 56 heavy (non-hydrogen) atoms. The fourth-order valence-electron chi connectivity index (χ4n) is 5.58. The summed E-state index contributed by atoms with van der Waals surface area (Å²) in [6.07, 6.45) is 45.5. The average molecular weight is 808 g/mol. The van der Waals surface area contributed by atoms with Crippen molar-refractivity contribution in [1.29, 1.82) is 0 Å². The molecule has 0 saturated heterocycles. The molecule has 0 aromatic heterocycles. The van der Waals surface area contributed by atoms with Crippen molar-refractivity contribution in [2.24, 2.45) is 0 Å². The zero-order valence-corrected chi connectivity index (χ0v) is 37.2. The number of esters is 2. The molecular weight excluding hydrogens is 725 g/mol. The first-order valence-corrected chi connectivity index (χ1v) is 23.5. The van der Waals surface area contributed by atoms with E-state index in [0.29, 0.717) is 17.4 Å². The second kappa shape index (κ2) is 38.2. The summed E-state index contributed by atoms with van der Waals surface area (Å²) in [5.74, 6) is -0.932. The molecule has 0 aliphatic rings. The molecule has 2 atom stereocenters. The summed E-state index contributed by atoms with van der Waals surface area (Å²) in [4.78, 5) is 37.5. The number of allylic oxidation sites excluding steroid dienone is 10. The lowest BCUT2D eigenvalue weighted by Crippen LogP contribution is -2.37. The SMILES string of the molecule is CCCCC/C=C/C/C=C/C/C=C/C/C=C/C/C=C/CCC(=O)O[C@H](COC(=O)CCCCCCCCCCCCCCC)COP(=O)([O-])OCC[N+](C)(C)C. The van der Waals surface area contributed by atoms with Gasteiger partial charge in [-0.2, -0.15) is 0 Å². The number of unbranched alkanes of at least 4 members (excludes halogenated alkanes) is 15. The van der Waals surface area contributed by atoms with Crippen LogP contribution < -0.4 is 4.89 Å². The summed E-state index contributed by atoms with van der Waals surface area (Å²) in [7, 11) is 1.12. The second-order valence-corrected chi connectivity index (χ2v) is 17.1. The van der Waals surface area contributed by atoms with E-state index in [1.807, 2.05) is 33.3 Å². The monoisotopic (exact) mass is 808 g/mol. The third-order valence-electron chi connectivity index (χ3n) is 9.05. The van der Waals surface area contributed by atoms with Gasteiger partial charge in [0.1, 0.15) is 19.8 Å². The van der Waals surface area contributed by atoms with Crippen LogP contribution >= 0.6 is 7.82 Å². The van der Waals surface area contributed by atoms with E-state index in [-0.39, 0.29) is 26.1 Å². The van der Waals surface area contributed by atoms with Crippen molar-refractivity contribution in [3.63, 3.8) is 0 Å². The van der Waals surface area contributed by atoms with E-state index in [1.54, 1.807) is 0 Å². The number of nitrogens with zero attached hydrogens (tertiary/aromatic N) is 1. The van der Waals surface area contributed by atoms with Gasteiger partial charge in [0.15, 0.2) is 6.10 Å². The Morgan fingerprint density at radius 2 is 1.00 bits per heavy atom. The topological polar surface area (TPSA) is 111 Å². The maximum absolute atomic E-state index is 12.6. The molecule has 0 heterocycles. The first kappa shape index (κ1) is 53.7. The molecule has 0 fully saturated rings. The number of phosphoric acid groups is 1. The summed E-state index contributed by atoms with van der Waals surface area (Å²) < 4.78 is 33.8. The molecule has 0 saturated carbocycles. The largest absolute Gasteiger partial charge is 0.756 e. The highest BCUT2D eigenvalue weighted by Gasteiger charge is 2.21. The number of phosphoric ester groups is 1. The zero-order valence-electron chi connectivity index (χ0n) is 36.3. The molecular formula is C46H82NO8P. The number of hydrogen-bond acceptors (Lipinski definition) is 8.